The zero-order valence-electron chi connectivity index (χ0n) is 11.4. The van der Waals surface area contributed by atoms with Crippen molar-refractivity contribution in [2.75, 3.05) is 12.4 Å². The summed E-state index contributed by atoms with van der Waals surface area (Å²) in [5, 5.41) is 13.9. The van der Waals surface area contributed by atoms with Crippen LogP contribution in [0.25, 0.3) is 0 Å². The van der Waals surface area contributed by atoms with Crippen LogP contribution >= 0.6 is 0 Å². The molecule has 3 N–H and O–H groups in total. The summed E-state index contributed by atoms with van der Waals surface area (Å²) in [5.41, 5.74) is 0.112. The Morgan fingerprint density at radius 1 is 1.32 bits per heavy atom. The van der Waals surface area contributed by atoms with E-state index in [1.807, 2.05) is 6.92 Å². The van der Waals surface area contributed by atoms with Gasteiger partial charge in [-0.25, -0.2) is 9.59 Å². The third-order valence-electron chi connectivity index (χ3n) is 2.61. The van der Waals surface area contributed by atoms with E-state index in [1.165, 1.54) is 13.8 Å². The molecule has 104 valence electrons. The van der Waals surface area contributed by atoms with Gasteiger partial charge in [0.1, 0.15) is 11.3 Å². The number of benzene rings is 1. The molecule has 0 heterocycles. The molecule has 1 aromatic carbocycles. The first-order valence-corrected chi connectivity index (χ1v) is 5.73. The number of nitrogens with one attached hydrogen (secondary N) is 2. The minimum Gasteiger partial charge on any atom is -0.496 e. The Morgan fingerprint density at radius 3 is 2.42 bits per heavy atom. The Bertz CT molecular complexity index is 497. The van der Waals surface area contributed by atoms with Gasteiger partial charge in [0.15, 0.2) is 0 Å². The maximum absolute atomic E-state index is 11.7. The summed E-state index contributed by atoms with van der Waals surface area (Å²) in [6.45, 7) is 4.67. The van der Waals surface area contributed by atoms with Gasteiger partial charge in [-0.15, -0.1) is 0 Å². The molecule has 6 nitrogen and oxygen atoms in total. The summed E-state index contributed by atoms with van der Waals surface area (Å²) in [6.07, 6.45) is 0. The van der Waals surface area contributed by atoms with Gasteiger partial charge >= 0.3 is 12.0 Å². The normalized spacial score (nSPS) is 10.7. The smallest absolute Gasteiger partial charge is 0.328 e. The molecular formula is C13H18N2O4. The SMILES string of the molecule is COc1ccc(NC(=O)NC(C)(C)C(=O)O)cc1C. The molecular weight excluding hydrogens is 248 g/mol. The highest BCUT2D eigenvalue weighted by Crippen LogP contribution is 2.21. The van der Waals surface area contributed by atoms with Crippen LogP contribution in [-0.2, 0) is 4.79 Å². The Kier molecular flexibility index (Phi) is 4.37. The molecule has 1 aromatic rings. The lowest BCUT2D eigenvalue weighted by Crippen LogP contribution is -2.51. The van der Waals surface area contributed by atoms with Crippen molar-refractivity contribution in [3.63, 3.8) is 0 Å². The molecule has 0 aromatic heterocycles. The highest BCUT2D eigenvalue weighted by molar-refractivity contribution is 5.93. The molecule has 6 heteroatoms. The molecule has 0 fully saturated rings. The van der Waals surface area contributed by atoms with Crippen LogP contribution < -0.4 is 15.4 Å². The summed E-state index contributed by atoms with van der Waals surface area (Å²) < 4.78 is 5.11. The Labute approximate surface area is 111 Å². The van der Waals surface area contributed by atoms with Crippen molar-refractivity contribution in [2.45, 2.75) is 26.3 Å². The molecule has 0 spiro atoms. The van der Waals surface area contributed by atoms with Crippen molar-refractivity contribution < 1.29 is 19.4 Å². The van der Waals surface area contributed by atoms with E-state index in [0.29, 0.717) is 5.69 Å². The first-order valence-electron chi connectivity index (χ1n) is 5.73. The summed E-state index contributed by atoms with van der Waals surface area (Å²) in [4.78, 5) is 22.6. The van der Waals surface area contributed by atoms with Crippen molar-refractivity contribution in [3.05, 3.63) is 23.8 Å². The van der Waals surface area contributed by atoms with Crippen LogP contribution in [0.3, 0.4) is 0 Å². The largest absolute Gasteiger partial charge is 0.496 e. The van der Waals surface area contributed by atoms with Gasteiger partial charge < -0.3 is 20.5 Å². The Morgan fingerprint density at radius 2 is 1.95 bits per heavy atom. The number of anilines is 1. The molecule has 0 radical (unpaired) electrons. The third kappa shape index (κ3) is 3.87. The number of aliphatic carboxylic acids is 1. The van der Waals surface area contributed by atoms with Crippen molar-refractivity contribution in [1.29, 1.82) is 0 Å². The van der Waals surface area contributed by atoms with Crippen LogP contribution in [0.4, 0.5) is 10.5 Å². The maximum Gasteiger partial charge on any atom is 0.328 e. The third-order valence-corrected chi connectivity index (χ3v) is 2.61. The van der Waals surface area contributed by atoms with E-state index in [4.69, 9.17) is 9.84 Å². The van der Waals surface area contributed by atoms with Crippen LogP contribution in [0.1, 0.15) is 19.4 Å². The summed E-state index contributed by atoms with van der Waals surface area (Å²) in [5.74, 6) is -0.384. The van der Waals surface area contributed by atoms with Gasteiger partial charge in [-0.1, -0.05) is 0 Å². The predicted molar refractivity (Wildman–Crippen MR) is 71.6 cm³/mol. The monoisotopic (exact) mass is 266 g/mol. The molecule has 19 heavy (non-hydrogen) atoms. The fraction of sp³-hybridized carbons (Fsp3) is 0.385. The van der Waals surface area contributed by atoms with E-state index < -0.39 is 17.5 Å². The maximum atomic E-state index is 11.7. The van der Waals surface area contributed by atoms with Crippen LogP contribution in [-0.4, -0.2) is 29.8 Å². The van der Waals surface area contributed by atoms with Gasteiger partial charge in [-0.05, 0) is 44.5 Å². The zero-order chi connectivity index (χ0) is 14.6. The molecule has 0 aliphatic heterocycles. The molecule has 0 aliphatic rings. The first-order chi connectivity index (χ1) is 8.76. The zero-order valence-corrected chi connectivity index (χ0v) is 11.4. The molecule has 0 saturated carbocycles. The minimum atomic E-state index is -1.33. The van der Waals surface area contributed by atoms with Gasteiger partial charge in [-0.3, -0.25) is 0 Å². The number of carbonyl (C=O) groups excluding carboxylic acids is 1. The van der Waals surface area contributed by atoms with Gasteiger partial charge in [0, 0.05) is 5.69 Å². The number of carboxylic acid groups (broad SMARTS) is 1. The number of rotatable bonds is 4. The topological polar surface area (TPSA) is 87.7 Å². The second kappa shape index (κ2) is 5.60. The minimum absolute atomic E-state index is 0.567. The number of ether oxygens (including phenoxy) is 1. The molecule has 0 bridgehead atoms. The van der Waals surface area contributed by atoms with Gasteiger partial charge in [0.25, 0.3) is 0 Å². The number of carbonyl (C=O) groups is 2. The summed E-state index contributed by atoms with van der Waals surface area (Å²) >= 11 is 0. The second-order valence-electron chi connectivity index (χ2n) is 4.69. The van der Waals surface area contributed by atoms with Crippen LogP contribution in [0, 0.1) is 6.92 Å². The van der Waals surface area contributed by atoms with Crippen molar-refractivity contribution >= 4 is 17.7 Å². The quantitative estimate of drug-likeness (QED) is 0.777. The standard InChI is InChI=1S/C13H18N2O4/c1-8-7-9(5-6-10(8)19-4)14-12(18)15-13(2,3)11(16)17/h5-7H,1-4H3,(H,16,17)(H2,14,15,18). The number of aryl methyl sites for hydroxylation is 1. The predicted octanol–water partition coefficient (Wildman–Crippen LogP) is 1.99. The number of amides is 2. The van der Waals surface area contributed by atoms with Crippen LogP contribution in [0.2, 0.25) is 0 Å². The van der Waals surface area contributed by atoms with Gasteiger partial charge in [-0.2, -0.15) is 0 Å². The van der Waals surface area contributed by atoms with E-state index in [1.54, 1.807) is 25.3 Å². The van der Waals surface area contributed by atoms with Crippen molar-refractivity contribution in [2.24, 2.45) is 0 Å². The van der Waals surface area contributed by atoms with E-state index in [-0.39, 0.29) is 0 Å². The number of hydrogen-bond acceptors (Lipinski definition) is 3. The number of urea groups is 1. The summed E-state index contributed by atoms with van der Waals surface area (Å²) in [6, 6.07) is 4.58. The molecule has 0 aliphatic carbocycles. The van der Waals surface area contributed by atoms with Crippen LogP contribution in [0.5, 0.6) is 5.75 Å². The van der Waals surface area contributed by atoms with Crippen molar-refractivity contribution in [1.82, 2.24) is 5.32 Å². The lowest BCUT2D eigenvalue weighted by molar-refractivity contribution is -0.142. The fourth-order valence-electron chi connectivity index (χ4n) is 1.46. The summed E-state index contributed by atoms with van der Waals surface area (Å²) in [7, 11) is 1.57. The molecule has 2 amide bonds. The van der Waals surface area contributed by atoms with E-state index >= 15 is 0 Å². The number of carboxylic acids is 1. The molecule has 0 saturated heterocycles. The van der Waals surface area contributed by atoms with Gasteiger partial charge in [0.2, 0.25) is 0 Å². The molecule has 1 rings (SSSR count). The van der Waals surface area contributed by atoms with Crippen LogP contribution in [0.15, 0.2) is 18.2 Å². The molecule has 0 atom stereocenters. The van der Waals surface area contributed by atoms with E-state index in [2.05, 4.69) is 10.6 Å². The number of hydrogen-bond donors (Lipinski definition) is 3. The lowest BCUT2D eigenvalue weighted by atomic mass is 10.1. The lowest BCUT2D eigenvalue weighted by Gasteiger charge is -2.21. The highest BCUT2D eigenvalue weighted by atomic mass is 16.5. The average molecular weight is 266 g/mol. The Balaban J connectivity index is 2.73. The number of methoxy groups -OCH3 is 1. The first kappa shape index (κ1) is 14.8. The van der Waals surface area contributed by atoms with E-state index in [9.17, 15) is 9.59 Å². The van der Waals surface area contributed by atoms with Gasteiger partial charge in [0.05, 0.1) is 7.11 Å². The Hall–Kier alpha value is -2.24. The highest BCUT2D eigenvalue weighted by Gasteiger charge is 2.28. The van der Waals surface area contributed by atoms with E-state index in [0.717, 1.165) is 11.3 Å². The average Bonchev–Trinajstić information content (AvgIpc) is 2.28. The second-order valence-corrected chi connectivity index (χ2v) is 4.69. The molecule has 0 unspecified atom stereocenters. The van der Waals surface area contributed by atoms with Crippen molar-refractivity contribution in [3.8, 4) is 5.75 Å². The fourth-order valence-corrected chi connectivity index (χ4v) is 1.46.